The van der Waals surface area contributed by atoms with Crippen LogP contribution >= 0.6 is 0 Å². The minimum Gasteiger partial charge on any atom is -0.458 e. The van der Waals surface area contributed by atoms with Crippen LogP contribution in [0.5, 0.6) is 0 Å². The molecule has 1 heterocycles. The Hall–Kier alpha value is -3.79. The first-order valence-corrected chi connectivity index (χ1v) is 14.3. The van der Waals surface area contributed by atoms with Crippen LogP contribution in [-0.2, 0) is 39.9 Å². The third kappa shape index (κ3) is 8.61. The first-order valence-electron chi connectivity index (χ1n) is 14.3. The molecule has 42 heavy (non-hydrogen) atoms. The summed E-state index contributed by atoms with van der Waals surface area (Å²) in [5.41, 5.74) is -0.732. The molecule has 3 atom stereocenters. The van der Waals surface area contributed by atoms with Gasteiger partial charge in [0.15, 0.2) is 6.10 Å². The van der Waals surface area contributed by atoms with Crippen LogP contribution in [0.3, 0.4) is 0 Å². The molecule has 0 aliphatic carbocycles. The van der Waals surface area contributed by atoms with E-state index in [9.17, 15) is 24.0 Å². The van der Waals surface area contributed by atoms with Crippen LogP contribution in [0.2, 0.25) is 0 Å². The van der Waals surface area contributed by atoms with Crippen LogP contribution in [0.1, 0.15) is 59.9 Å². The number of imide groups is 1. The maximum absolute atomic E-state index is 14.0. The van der Waals surface area contributed by atoms with Gasteiger partial charge < -0.3 is 20.1 Å². The first-order chi connectivity index (χ1) is 19.6. The molecule has 1 fully saturated rings. The summed E-state index contributed by atoms with van der Waals surface area (Å²) < 4.78 is 11.7. The standard InChI is InChI=1S/C32H43N3O7/c1-31(2,3)27(29(39)33-7)34-28(38)23(19-20-12-13-21-10-8-9-11-22(21)18-20)26(30(40)42-32(4,5)6)41-17-16-35-24(36)14-15-25(35)37/h8-13,18,23,26-27H,14-17,19H2,1-7H3,(H,33,39)(H,34,38)/t23-,26+,27-/m1/s1. The average Bonchev–Trinajstić information content (AvgIpc) is 3.23. The smallest absolute Gasteiger partial charge is 0.336 e. The molecule has 0 radical (unpaired) electrons. The number of nitrogens with zero attached hydrogens (tertiary/aromatic N) is 1. The van der Waals surface area contributed by atoms with Crippen molar-refractivity contribution in [1.82, 2.24) is 15.5 Å². The molecule has 1 aliphatic rings. The number of esters is 1. The first kappa shape index (κ1) is 32.7. The molecular weight excluding hydrogens is 538 g/mol. The molecule has 0 aromatic heterocycles. The molecule has 2 aromatic rings. The molecule has 10 nitrogen and oxygen atoms in total. The highest BCUT2D eigenvalue weighted by Crippen LogP contribution is 2.25. The second-order valence-corrected chi connectivity index (χ2v) is 12.7. The van der Waals surface area contributed by atoms with Gasteiger partial charge in [0.25, 0.3) is 0 Å². The van der Waals surface area contributed by atoms with E-state index in [2.05, 4.69) is 10.6 Å². The van der Waals surface area contributed by atoms with Crippen LogP contribution in [0.15, 0.2) is 42.5 Å². The number of hydrogen-bond acceptors (Lipinski definition) is 7. The van der Waals surface area contributed by atoms with Gasteiger partial charge in [0.2, 0.25) is 23.6 Å². The van der Waals surface area contributed by atoms with Gasteiger partial charge in [-0.25, -0.2) is 4.79 Å². The number of benzene rings is 2. The summed E-state index contributed by atoms with van der Waals surface area (Å²) in [6, 6.07) is 12.7. The van der Waals surface area contributed by atoms with Crippen molar-refractivity contribution >= 4 is 40.4 Å². The van der Waals surface area contributed by atoms with E-state index >= 15 is 0 Å². The van der Waals surface area contributed by atoms with Gasteiger partial charge in [-0.05, 0) is 48.9 Å². The molecule has 4 amide bonds. The maximum Gasteiger partial charge on any atom is 0.336 e. The molecule has 0 spiro atoms. The lowest BCUT2D eigenvalue weighted by molar-refractivity contribution is -0.175. The van der Waals surface area contributed by atoms with Crippen molar-refractivity contribution < 1.29 is 33.4 Å². The van der Waals surface area contributed by atoms with E-state index in [1.165, 1.54) is 7.05 Å². The van der Waals surface area contributed by atoms with Crippen molar-refractivity contribution in [3.05, 3.63) is 48.0 Å². The number of carbonyl (C=O) groups is 5. The highest BCUT2D eigenvalue weighted by atomic mass is 16.6. The van der Waals surface area contributed by atoms with Crippen LogP contribution in [0, 0.1) is 11.3 Å². The van der Waals surface area contributed by atoms with Gasteiger partial charge in [0, 0.05) is 19.9 Å². The molecule has 0 bridgehead atoms. The monoisotopic (exact) mass is 581 g/mol. The summed E-state index contributed by atoms with van der Waals surface area (Å²) >= 11 is 0. The fourth-order valence-corrected chi connectivity index (χ4v) is 4.88. The molecule has 2 aromatic carbocycles. The minimum atomic E-state index is -1.38. The maximum atomic E-state index is 14.0. The second-order valence-electron chi connectivity index (χ2n) is 12.7. The van der Waals surface area contributed by atoms with Crippen molar-refractivity contribution in [1.29, 1.82) is 0 Å². The van der Waals surface area contributed by atoms with Crippen molar-refractivity contribution in [3.8, 4) is 0 Å². The Morgan fingerprint density at radius 2 is 1.52 bits per heavy atom. The summed E-state index contributed by atoms with van der Waals surface area (Å²) in [6.45, 7) is 10.4. The summed E-state index contributed by atoms with van der Waals surface area (Å²) in [5, 5.41) is 7.44. The van der Waals surface area contributed by atoms with E-state index in [0.29, 0.717) is 0 Å². The molecule has 1 aliphatic heterocycles. The minimum absolute atomic E-state index is 0.0515. The van der Waals surface area contributed by atoms with Crippen LogP contribution in [0.4, 0.5) is 0 Å². The Morgan fingerprint density at radius 3 is 2.10 bits per heavy atom. The summed E-state index contributed by atoms with van der Waals surface area (Å²) in [5.74, 6) is -3.39. The lowest BCUT2D eigenvalue weighted by Crippen LogP contribution is -2.56. The van der Waals surface area contributed by atoms with E-state index < -0.39 is 41.0 Å². The van der Waals surface area contributed by atoms with Gasteiger partial charge >= 0.3 is 5.97 Å². The van der Waals surface area contributed by atoms with Crippen LogP contribution in [-0.4, -0.2) is 72.4 Å². The van der Waals surface area contributed by atoms with E-state index in [-0.39, 0.29) is 50.1 Å². The molecule has 3 rings (SSSR count). The SMILES string of the molecule is CNC(=O)[C@@H](NC(=O)[C@H](Cc1ccc2ccccc2c1)[C@H](OCCN1C(=O)CCC1=O)C(=O)OC(C)(C)C)C(C)(C)C. The topological polar surface area (TPSA) is 131 Å². The fraction of sp³-hybridized carbons (Fsp3) is 0.531. The Labute approximate surface area is 247 Å². The highest BCUT2D eigenvalue weighted by Gasteiger charge is 2.41. The number of ether oxygens (including phenoxy) is 2. The van der Waals surface area contributed by atoms with Gasteiger partial charge in [-0.2, -0.15) is 0 Å². The Morgan fingerprint density at radius 1 is 0.905 bits per heavy atom. The molecule has 10 heteroatoms. The van der Waals surface area contributed by atoms with E-state index in [0.717, 1.165) is 21.2 Å². The fourth-order valence-electron chi connectivity index (χ4n) is 4.88. The molecule has 2 N–H and O–H groups in total. The van der Waals surface area contributed by atoms with Crippen molar-refractivity contribution in [2.75, 3.05) is 20.2 Å². The van der Waals surface area contributed by atoms with Gasteiger partial charge in [-0.1, -0.05) is 63.2 Å². The largest absolute Gasteiger partial charge is 0.458 e. The number of likely N-dealkylation sites (N-methyl/N-ethyl adjacent to an activating group) is 1. The predicted molar refractivity (Wildman–Crippen MR) is 158 cm³/mol. The normalized spacial score (nSPS) is 16.2. The van der Waals surface area contributed by atoms with Crippen molar-refractivity contribution in [2.24, 2.45) is 11.3 Å². The Balaban J connectivity index is 1.99. The van der Waals surface area contributed by atoms with Crippen molar-refractivity contribution in [2.45, 2.75) is 78.6 Å². The zero-order valence-electron chi connectivity index (χ0n) is 25.6. The molecule has 0 unspecified atom stereocenters. The van der Waals surface area contributed by atoms with Crippen LogP contribution in [0.25, 0.3) is 10.8 Å². The van der Waals surface area contributed by atoms with Gasteiger partial charge in [0.1, 0.15) is 11.6 Å². The summed E-state index contributed by atoms with van der Waals surface area (Å²) in [4.78, 5) is 65.8. The third-order valence-corrected chi connectivity index (χ3v) is 7.04. The molecular formula is C32H43N3O7. The quantitative estimate of drug-likeness (QED) is 0.308. The number of fused-ring (bicyclic) bond motifs is 1. The van der Waals surface area contributed by atoms with Crippen LogP contribution < -0.4 is 10.6 Å². The Kier molecular flexibility index (Phi) is 10.5. The van der Waals surface area contributed by atoms with E-state index in [1.54, 1.807) is 20.8 Å². The van der Waals surface area contributed by atoms with E-state index in [4.69, 9.17) is 9.47 Å². The van der Waals surface area contributed by atoms with E-state index in [1.807, 2.05) is 63.2 Å². The number of nitrogens with one attached hydrogen (secondary N) is 2. The van der Waals surface area contributed by atoms with Gasteiger partial charge in [-0.15, -0.1) is 0 Å². The number of rotatable bonds is 11. The highest BCUT2D eigenvalue weighted by molar-refractivity contribution is 6.01. The van der Waals surface area contributed by atoms with Gasteiger partial charge in [0.05, 0.1) is 19.1 Å². The summed E-state index contributed by atoms with van der Waals surface area (Å²) in [7, 11) is 1.49. The number of carbonyl (C=O) groups excluding carboxylic acids is 5. The molecule has 0 saturated carbocycles. The molecule has 1 saturated heterocycles. The van der Waals surface area contributed by atoms with Crippen molar-refractivity contribution in [3.63, 3.8) is 0 Å². The lowest BCUT2D eigenvalue weighted by Gasteiger charge is -2.33. The predicted octanol–water partition coefficient (Wildman–Crippen LogP) is 3.15. The average molecular weight is 582 g/mol. The second kappa shape index (κ2) is 13.5. The third-order valence-electron chi connectivity index (χ3n) is 7.04. The number of likely N-dealkylation sites (tertiary alicyclic amines) is 1. The number of amides is 4. The zero-order chi connectivity index (χ0) is 31.2. The molecule has 228 valence electrons. The van der Waals surface area contributed by atoms with Gasteiger partial charge in [-0.3, -0.25) is 24.1 Å². The lowest BCUT2D eigenvalue weighted by atomic mass is 9.84. The Bertz CT molecular complexity index is 1310. The summed E-state index contributed by atoms with van der Waals surface area (Å²) in [6.07, 6.45) is -1.01. The zero-order valence-corrected chi connectivity index (χ0v) is 25.6. The number of hydrogen-bond donors (Lipinski definition) is 2.